The minimum atomic E-state index is -0.328. The van der Waals surface area contributed by atoms with E-state index in [1.54, 1.807) is 0 Å². The molecule has 1 aromatic rings. The number of benzene rings is 1. The maximum atomic E-state index is 12.0. The highest BCUT2D eigenvalue weighted by molar-refractivity contribution is 5.77. The molecule has 1 aliphatic rings. The fourth-order valence-corrected chi connectivity index (χ4v) is 2.64. The predicted molar refractivity (Wildman–Crippen MR) is 72.6 cm³/mol. The van der Waals surface area contributed by atoms with Gasteiger partial charge >= 0.3 is 5.97 Å². The van der Waals surface area contributed by atoms with Gasteiger partial charge in [0.25, 0.3) is 0 Å². The Kier molecular flexibility index (Phi) is 4.93. The zero-order valence-corrected chi connectivity index (χ0v) is 11.3. The predicted octanol–water partition coefficient (Wildman–Crippen LogP) is 1.60. The lowest BCUT2D eigenvalue weighted by molar-refractivity contribution is -0.148. The van der Waals surface area contributed by atoms with E-state index in [2.05, 4.69) is 4.90 Å². The second-order valence-corrected chi connectivity index (χ2v) is 5.00. The van der Waals surface area contributed by atoms with Gasteiger partial charge in [0.05, 0.1) is 7.11 Å². The van der Waals surface area contributed by atoms with E-state index in [1.165, 1.54) is 7.11 Å². The largest absolute Gasteiger partial charge is 0.468 e. The van der Waals surface area contributed by atoms with E-state index in [0.29, 0.717) is 5.92 Å². The van der Waals surface area contributed by atoms with Crippen LogP contribution in [0.25, 0.3) is 0 Å². The topological polar surface area (TPSA) is 49.8 Å². The molecule has 1 heterocycles. The Labute approximate surface area is 114 Å². The molecule has 0 spiro atoms. The summed E-state index contributed by atoms with van der Waals surface area (Å²) in [6.07, 6.45) is 1.85. The standard InChI is InChI=1S/C15H21NO3/c1-19-15(18)14(13-5-3-2-4-6-13)16-9-7-12(11-17)8-10-16/h2-6,12,14,17H,7-11H2,1H3. The number of aliphatic hydroxyl groups excluding tert-OH is 1. The van der Waals surface area contributed by atoms with Crippen molar-refractivity contribution in [3.63, 3.8) is 0 Å². The fraction of sp³-hybridized carbons (Fsp3) is 0.533. The van der Waals surface area contributed by atoms with Crippen LogP contribution in [0.2, 0.25) is 0 Å². The van der Waals surface area contributed by atoms with Crippen molar-refractivity contribution < 1.29 is 14.6 Å². The van der Waals surface area contributed by atoms with Crippen LogP contribution >= 0.6 is 0 Å². The second kappa shape index (κ2) is 6.68. The molecule has 2 rings (SSSR count). The third-order valence-electron chi connectivity index (χ3n) is 3.81. The van der Waals surface area contributed by atoms with Crippen molar-refractivity contribution in [2.45, 2.75) is 18.9 Å². The van der Waals surface area contributed by atoms with Gasteiger partial charge in [-0.15, -0.1) is 0 Å². The van der Waals surface area contributed by atoms with Gasteiger partial charge in [-0.1, -0.05) is 30.3 Å². The highest BCUT2D eigenvalue weighted by Gasteiger charge is 2.31. The first kappa shape index (κ1) is 14.0. The lowest BCUT2D eigenvalue weighted by atomic mass is 9.95. The van der Waals surface area contributed by atoms with Crippen molar-refractivity contribution in [3.8, 4) is 0 Å². The molecule has 0 bridgehead atoms. The molecule has 1 aliphatic heterocycles. The first-order valence-electron chi connectivity index (χ1n) is 6.74. The quantitative estimate of drug-likeness (QED) is 0.838. The van der Waals surface area contributed by atoms with Gasteiger partial charge in [0, 0.05) is 6.61 Å². The highest BCUT2D eigenvalue weighted by Crippen LogP contribution is 2.27. The number of piperidine rings is 1. The Morgan fingerprint density at radius 3 is 2.53 bits per heavy atom. The van der Waals surface area contributed by atoms with Crippen LogP contribution in [0.5, 0.6) is 0 Å². The summed E-state index contributed by atoms with van der Waals surface area (Å²) >= 11 is 0. The Morgan fingerprint density at radius 2 is 2.00 bits per heavy atom. The number of carbonyl (C=O) groups excluding carboxylic acids is 1. The van der Waals surface area contributed by atoms with Crippen molar-refractivity contribution >= 4 is 5.97 Å². The van der Waals surface area contributed by atoms with Gasteiger partial charge in [-0.25, -0.2) is 4.79 Å². The monoisotopic (exact) mass is 263 g/mol. The van der Waals surface area contributed by atoms with Crippen LogP contribution in [-0.4, -0.2) is 42.8 Å². The van der Waals surface area contributed by atoms with Crippen LogP contribution in [0, 0.1) is 5.92 Å². The van der Waals surface area contributed by atoms with Gasteiger partial charge < -0.3 is 9.84 Å². The number of nitrogens with zero attached hydrogens (tertiary/aromatic N) is 1. The number of rotatable bonds is 4. The van der Waals surface area contributed by atoms with Gasteiger partial charge in [-0.05, 0) is 37.4 Å². The van der Waals surface area contributed by atoms with Crippen molar-refractivity contribution in [2.24, 2.45) is 5.92 Å². The molecule has 1 aromatic carbocycles. The Morgan fingerprint density at radius 1 is 1.37 bits per heavy atom. The summed E-state index contributed by atoms with van der Waals surface area (Å²) in [5.74, 6) is 0.152. The number of hydrogen-bond acceptors (Lipinski definition) is 4. The van der Waals surface area contributed by atoms with Crippen LogP contribution < -0.4 is 0 Å². The number of hydrogen-bond donors (Lipinski definition) is 1. The molecule has 0 aromatic heterocycles. The van der Waals surface area contributed by atoms with Gasteiger partial charge in [-0.2, -0.15) is 0 Å². The third kappa shape index (κ3) is 3.33. The molecule has 1 N–H and O–H groups in total. The average molecular weight is 263 g/mol. The molecule has 4 nitrogen and oxygen atoms in total. The lowest BCUT2D eigenvalue weighted by Gasteiger charge is -2.35. The van der Waals surface area contributed by atoms with E-state index in [9.17, 15) is 9.90 Å². The molecule has 104 valence electrons. The maximum Gasteiger partial charge on any atom is 0.327 e. The molecule has 0 aliphatic carbocycles. The van der Waals surface area contributed by atoms with E-state index >= 15 is 0 Å². The number of carbonyl (C=O) groups is 1. The SMILES string of the molecule is COC(=O)C(c1ccccc1)N1CCC(CO)CC1. The van der Waals surface area contributed by atoms with Crippen molar-refractivity contribution in [2.75, 3.05) is 26.8 Å². The molecular formula is C15H21NO3. The van der Waals surface area contributed by atoms with Gasteiger partial charge in [0.2, 0.25) is 0 Å². The van der Waals surface area contributed by atoms with E-state index in [-0.39, 0.29) is 18.6 Å². The van der Waals surface area contributed by atoms with Gasteiger partial charge in [0.1, 0.15) is 6.04 Å². The molecule has 1 atom stereocenters. The van der Waals surface area contributed by atoms with E-state index in [4.69, 9.17) is 4.74 Å². The summed E-state index contributed by atoms with van der Waals surface area (Å²) < 4.78 is 4.94. The van der Waals surface area contributed by atoms with Crippen molar-refractivity contribution in [1.29, 1.82) is 0 Å². The van der Waals surface area contributed by atoms with Gasteiger partial charge in [0.15, 0.2) is 0 Å². The molecule has 0 radical (unpaired) electrons. The number of methoxy groups -OCH3 is 1. The highest BCUT2D eigenvalue weighted by atomic mass is 16.5. The van der Waals surface area contributed by atoms with E-state index < -0.39 is 0 Å². The minimum Gasteiger partial charge on any atom is -0.468 e. The number of ether oxygens (including phenoxy) is 1. The van der Waals surface area contributed by atoms with Crippen molar-refractivity contribution in [1.82, 2.24) is 4.90 Å². The lowest BCUT2D eigenvalue weighted by Crippen LogP contribution is -2.41. The summed E-state index contributed by atoms with van der Waals surface area (Å²) in [6, 6.07) is 9.40. The molecule has 0 amide bonds. The van der Waals surface area contributed by atoms with Crippen LogP contribution in [0.4, 0.5) is 0 Å². The number of aliphatic hydroxyl groups is 1. The van der Waals surface area contributed by atoms with Crippen LogP contribution in [0.3, 0.4) is 0 Å². The second-order valence-electron chi connectivity index (χ2n) is 5.00. The Bertz CT molecular complexity index is 399. The van der Waals surface area contributed by atoms with Crippen LogP contribution in [0.15, 0.2) is 30.3 Å². The Hall–Kier alpha value is -1.39. The molecule has 19 heavy (non-hydrogen) atoms. The smallest absolute Gasteiger partial charge is 0.327 e. The van der Waals surface area contributed by atoms with Crippen molar-refractivity contribution in [3.05, 3.63) is 35.9 Å². The minimum absolute atomic E-state index is 0.214. The zero-order chi connectivity index (χ0) is 13.7. The first-order valence-corrected chi connectivity index (χ1v) is 6.74. The maximum absolute atomic E-state index is 12.0. The number of likely N-dealkylation sites (tertiary alicyclic amines) is 1. The van der Waals surface area contributed by atoms with Crippen LogP contribution in [0.1, 0.15) is 24.4 Å². The van der Waals surface area contributed by atoms with Gasteiger partial charge in [-0.3, -0.25) is 4.90 Å². The average Bonchev–Trinajstić information content (AvgIpc) is 2.49. The number of esters is 1. The third-order valence-corrected chi connectivity index (χ3v) is 3.81. The summed E-state index contributed by atoms with van der Waals surface area (Å²) in [4.78, 5) is 14.2. The molecule has 1 saturated heterocycles. The summed E-state index contributed by atoms with van der Waals surface area (Å²) in [7, 11) is 1.43. The summed E-state index contributed by atoms with van der Waals surface area (Å²) in [5.41, 5.74) is 0.969. The Balaban J connectivity index is 2.13. The molecule has 4 heteroatoms. The van der Waals surface area contributed by atoms with E-state index in [1.807, 2.05) is 30.3 Å². The molecule has 1 unspecified atom stereocenters. The molecular weight excluding hydrogens is 242 g/mol. The normalized spacial score (nSPS) is 19.1. The van der Waals surface area contributed by atoms with E-state index in [0.717, 1.165) is 31.5 Å². The van der Waals surface area contributed by atoms with Crippen LogP contribution in [-0.2, 0) is 9.53 Å². The summed E-state index contributed by atoms with van der Waals surface area (Å²) in [6.45, 7) is 1.88. The zero-order valence-electron chi connectivity index (χ0n) is 11.3. The fourth-order valence-electron chi connectivity index (χ4n) is 2.64. The molecule has 0 saturated carbocycles. The summed E-state index contributed by atoms with van der Waals surface area (Å²) in [5, 5.41) is 9.18. The first-order chi connectivity index (χ1) is 9.26. The molecule has 1 fully saturated rings.